The second-order valence-electron chi connectivity index (χ2n) is 4.63. The van der Waals surface area contributed by atoms with Crippen molar-refractivity contribution in [3.05, 3.63) is 0 Å². The van der Waals surface area contributed by atoms with Crippen molar-refractivity contribution < 1.29 is 0 Å². The Hall–Kier alpha value is -0.0800. The molecule has 0 bridgehead atoms. The van der Waals surface area contributed by atoms with Crippen LogP contribution in [-0.2, 0) is 0 Å². The average Bonchev–Trinajstić information content (AvgIpc) is 2.48. The Morgan fingerprint density at radius 3 is 2.77 bits per heavy atom. The summed E-state index contributed by atoms with van der Waals surface area (Å²) in [7, 11) is 0. The van der Waals surface area contributed by atoms with E-state index in [9.17, 15) is 0 Å². The number of unbranched alkanes of at least 4 members (excludes halogenated alkanes) is 2. The van der Waals surface area contributed by atoms with Crippen LogP contribution in [0.1, 0.15) is 39.0 Å². The van der Waals surface area contributed by atoms with Gasteiger partial charge in [0.25, 0.3) is 0 Å². The van der Waals surface area contributed by atoms with Gasteiger partial charge in [-0.25, -0.2) is 0 Å². The number of hydrogen-bond acceptors (Lipinski definition) is 2. The number of likely N-dealkylation sites (tertiary alicyclic amines) is 1. The van der Waals surface area contributed by atoms with Crippen molar-refractivity contribution >= 4 is 0 Å². The molecule has 2 saturated heterocycles. The van der Waals surface area contributed by atoms with Crippen molar-refractivity contribution in [2.24, 2.45) is 0 Å². The van der Waals surface area contributed by atoms with E-state index in [1.165, 1.54) is 58.3 Å². The highest BCUT2D eigenvalue weighted by atomic mass is 15.3. The van der Waals surface area contributed by atoms with Crippen LogP contribution in [-0.4, -0.2) is 36.6 Å². The standard InChI is InChI=1S/C11H22N2/c1-2-3-4-7-13-8-5-6-11(13)9-12-10-11/h12H,2-10H2,1H3. The molecule has 0 saturated carbocycles. The molecule has 0 radical (unpaired) electrons. The average molecular weight is 182 g/mol. The summed E-state index contributed by atoms with van der Waals surface area (Å²) in [6.45, 7) is 7.48. The zero-order valence-electron chi connectivity index (χ0n) is 8.81. The van der Waals surface area contributed by atoms with Crippen molar-refractivity contribution in [2.75, 3.05) is 26.2 Å². The summed E-state index contributed by atoms with van der Waals surface area (Å²) < 4.78 is 0. The molecule has 0 atom stereocenters. The first-order chi connectivity index (χ1) is 6.37. The normalized spacial score (nSPS) is 26.5. The Morgan fingerprint density at radius 1 is 1.31 bits per heavy atom. The van der Waals surface area contributed by atoms with Crippen molar-refractivity contribution in [1.82, 2.24) is 10.2 Å². The zero-order valence-corrected chi connectivity index (χ0v) is 8.81. The number of hydrogen-bond donors (Lipinski definition) is 1. The maximum absolute atomic E-state index is 3.42. The van der Waals surface area contributed by atoms with Gasteiger partial charge in [-0.05, 0) is 32.4 Å². The molecule has 2 heteroatoms. The van der Waals surface area contributed by atoms with Gasteiger partial charge in [-0.3, -0.25) is 4.90 Å². The van der Waals surface area contributed by atoms with Gasteiger partial charge in [-0.15, -0.1) is 0 Å². The first-order valence-corrected chi connectivity index (χ1v) is 5.83. The number of rotatable bonds is 4. The number of nitrogens with one attached hydrogen (secondary N) is 1. The van der Waals surface area contributed by atoms with Crippen LogP contribution in [0.5, 0.6) is 0 Å². The molecule has 0 aromatic rings. The molecule has 1 spiro atoms. The van der Waals surface area contributed by atoms with Crippen molar-refractivity contribution in [2.45, 2.75) is 44.6 Å². The summed E-state index contributed by atoms with van der Waals surface area (Å²) in [4.78, 5) is 2.74. The summed E-state index contributed by atoms with van der Waals surface area (Å²) in [6.07, 6.45) is 7.01. The quantitative estimate of drug-likeness (QED) is 0.665. The van der Waals surface area contributed by atoms with Crippen LogP contribution in [0.15, 0.2) is 0 Å². The van der Waals surface area contributed by atoms with Gasteiger partial charge in [0.15, 0.2) is 0 Å². The van der Waals surface area contributed by atoms with Gasteiger partial charge in [-0.2, -0.15) is 0 Å². The predicted octanol–water partition coefficient (Wildman–Crippen LogP) is 1.61. The first kappa shape index (κ1) is 9.47. The van der Waals surface area contributed by atoms with E-state index in [-0.39, 0.29) is 0 Å². The second kappa shape index (κ2) is 3.97. The zero-order chi connectivity index (χ0) is 9.15. The van der Waals surface area contributed by atoms with Crippen molar-refractivity contribution in [1.29, 1.82) is 0 Å². The van der Waals surface area contributed by atoms with Crippen LogP contribution in [0.3, 0.4) is 0 Å². The molecular formula is C11H22N2. The maximum atomic E-state index is 3.42. The molecule has 0 amide bonds. The monoisotopic (exact) mass is 182 g/mol. The summed E-state index contributed by atoms with van der Waals surface area (Å²) in [6, 6.07) is 0. The lowest BCUT2D eigenvalue weighted by atomic mass is 9.89. The molecule has 0 aromatic heterocycles. The van der Waals surface area contributed by atoms with Gasteiger partial charge >= 0.3 is 0 Å². The SMILES string of the molecule is CCCCCN1CCCC12CNC2. The van der Waals surface area contributed by atoms with E-state index in [2.05, 4.69) is 17.1 Å². The highest BCUT2D eigenvalue weighted by molar-refractivity contribution is 5.05. The molecule has 2 nitrogen and oxygen atoms in total. The lowest BCUT2D eigenvalue weighted by molar-refractivity contribution is 0.0777. The van der Waals surface area contributed by atoms with Gasteiger partial charge in [0, 0.05) is 18.6 Å². The van der Waals surface area contributed by atoms with Crippen molar-refractivity contribution in [3.8, 4) is 0 Å². The lowest BCUT2D eigenvalue weighted by Gasteiger charge is -2.46. The Bertz CT molecular complexity index is 163. The van der Waals surface area contributed by atoms with E-state index in [1.54, 1.807) is 0 Å². The molecule has 2 aliphatic heterocycles. The van der Waals surface area contributed by atoms with E-state index in [0.717, 1.165) is 0 Å². The molecule has 2 fully saturated rings. The molecule has 2 heterocycles. The van der Waals surface area contributed by atoms with E-state index < -0.39 is 0 Å². The highest BCUT2D eigenvalue weighted by Gasteiger charge is 2.44. The Balaban J connectivity index is 1.77. The summed E-state index contributed by atoms with van der Waals surface area (Å²) >= 11 is 0. The minimum atomic E-state index is 0.605. The molecule has 13 heavy (non-hydrogen) atoms. The summed E-state index contributed by atoms with van der Waals surface area (Å²) in [5.74, 6) is 0. The van der Waals surface area contributed by atoms with E-state index >= 15 is 0 Å². The van der Waals surface area contributed by atoms with Crippen LogP contribution >= 0.6 is 0 Å². The summed E-state index contributed by atoms with van der Waals surface area (Å²) in [5.41, 5.74) is 0.605. The number of nitrogens with zero attached hydrogens (tertiary/aromatic N) is 1. The molecule has 2 rings (SSSR count). The fourth-order valence-electron chi connectivity index (χ4n) is 2.71. The summed E-state index contributed by atoms with van der Waals surface area (Å²) in [5, 5.41) is 3.42. The van der Waals surface area contributed by atoms with E-state index in [0.29, 0.717) is 5.54 Å². The van der Waals surface area contributed by atoms with Crippen LogP contribution in [0.4, 0.5) is 0 Å². The molecule has 76 valence electrons. The van der Waals surface area contributed by atoms with E-state index in [1.807, 2.05) is 0 Å². The van der Waals surface area contributed by atoms with Gasteiger partial charge in [0.05, 0.1) is 0 Å². The molecule has 2 aliphatic rings. The largest absolute Gasteiger partial charge is 0.313 e. The fraction of sp³-hybridized carbons (Fsp3) is 1.00. The minimum Gasteiger partial charge on any atom is -0.313 e. The highest BCUT2D eigenvalue weighted by Crippen LogP contribution is 2.32. The van der Waals surface area contributed by atoms with Gasteiger partial charge in [0.1, 0.15) is 0 Å². The third-order valence-corrected chi connectivity index (χ3v) is 3.68. The molecule has 0 aliphatic carbocycles. The topological polar surface area (TPSA) is 15.3 Å². The predicted molar refractivity (Wildman–Crippen MR) is 55.9 cm³/mol. The second-order valence-corrected chi connectivity index (χ2v) is 4.63. The Morgan fingerprint density at radius 2 is 2.15 bits per heavy atom. The van der Waals surface area contributed by atoms with Gasteiger partial charge in [0.2, 0.25) is 0 Å². The minimum absolute atomic E-state index is 0.605. The third-order valence-electron chi connectivity index (χ3n) is 3.68. The van der Waals surface area contributed by atoms with E-state index in [4.69, 9.17) is 0 Å². The Kier molecular flexibility index (Phi) is 2.89. The van der Waals surface area contributed by atoms with Crippen LogP contribution in [0.25, 0.3) is 0 Å². The molecule has 1 N–H and O–H groups in total. The van der Waals surface area contributed by atoms with Crippen LogP contribution in [0.2, 0.25) is 0 Å². The molecular weight excluding hydrogens is 160 g/mol. The third kappa shape index (κ3) is 1.75. The van der Waals surface area contributed by atoms with Crippen molar-refractivity contribution in [3.63, 3.8) is 0 Å². The van der Waals surface area contributed by atoms with Crippen LogP contribution in [0, 0.1) is 0 Å². The first-order valence-electron chi connectivity index (χ1n) is 5.83. The van der Waals surface area contributed by atoms with Gasteiger partial charge in [-0.1, -0.05) is 19.8 Å². The fourth-order valence-corrected chi connectivity index (χ4v) is 2.71. The Labute approximate surface area is 81.7 Å². The van der Waals surface area contributed by atoms with Gasteiger partial charge < -0.3 is 5.32 Å². The smallest absolute Gasteiger partial charge is 0.0458 e. The molecule has 0 unspecified atom stereocenters. The molecule has 0 aromatic carbocycles. The van der Waals surface area contributed by atoms with Crippen LogP contribution < -0.4 is 5.32 Å². The lowest BCUT2D eigenvalue weighted by Crippen LogP contribution is -2.66. The maximum Gasteiger partial charge on any atom is 0.0458 e.